The van der Waals surface area contributed by atoms with Gasteiger partial charge in [-0.2, -0.15) is 0 Å². The summed E-state index contributed by atoms with van der Waals surface area (Å²) in [7, 11) is -0.763. The summed E-state index contributed by atoms with van der Waals surface area (Å²) in [5.74, 6) is 0.262. The molecule has 28 heavy (non-hydrogen) atoms. The molecule has 0 saturated carbocycles. The van der Waals surface area contributed by atoms with Gasteiger partial charge in [0.25, 0.3) is 0 Å². The molecule has 0 aliphatic heterocycles. The van der Waals surface area contributed by atoms with E-state index in [1.807, 2.05) is 6.92 Å². The van der Waals surface area contributed by atoms with Crippen LogP contribution >= 0.6 is 31.9 Å². The van der Waals surface area contributed by atoms with E-state index in [1.165, 1.54) is 7.11 Å². The number of aliphatic hydroxyl groups excluding tert-OH is 1. The van der Waals surface area contributed by atoms with Gasteiger partial charge in [-0.15, -0.1) is 0 Å². The summed E-state index contributed by atoms with van der Waals surface area (Å²) in [5.41, 5.74) is 2.48. The van der Waals surface area contributed by atoms with Crippen molar-refractivity contribution in [2.75, 3.05) is 7.11 Å². The van der Waals surface area contributed by atoms with Crippen LogP contribution in [0.15, 0.2) is 27.2 Å². The molecule has 0 saturated heterocycles. The molecular formula is C21H34Br2O4Si. The number of halogens is 2. The Morgan fingerprint density at radius 3 is 1.86 bits per heavy atom. The molecule has 1 aromatic rings. The molecule has 2 N–H and O–H groups in total. The number of ether oxygens (including phenoxy) is 1. The first-order chi connectivity index (χ1) is 12.8. The number of phenolic OH excluding ortho intramolecular Hbond substituents is 1. The smallest absolute Gasteiger partial charge is 0.201 e. The molecule has 0 radical (unpaired) electrons. The van der Waals surface area contributed by atoms with Crippen LogP contribution < -0.4 is 4.74 Å². The summed E-state index contributed by atoms with van der Waals surface area (Å²) in [5, 5.41) is 21.5. The Hall–Kier alpha value is -0.343. The summed E-state index contributed by atoms with van der Waals surface area (Å²) in [6.45, 7) is 19.3. The lowest BCUT2D eigenvalue weighted by Gasteiger charge is -2.45. The van der Waals surface area contributed by atoms with Gasteiger partial charge in [-0.25, -0.2) is 0 Å². The molecule has 0 amide bonds. The third kappa shape index (κ3) is 4.86. The van der Waals surface area contributed by atoms with E-state index in [0.717, 1.165) is 5.57 Å². The van der Waals surface area contributed by atoms with Gasteiger partial charge in [0.05, 0.1) is 17.7 Å². The van der Waals surface area contributed by atoms with Gasteiger partial charge in [-0.3, -0.25) is 0 Å². The number of rotatable bonds is 9. The average Bonchev–Trinajstić information content (AvgIpc) is 2.59. The average molecular weight is 538 g/mol. The van der Waals surface area contributed by atoms with Crippen LogP contribution in [0.2, 0.25) is 16.6 Å². The van der Waals surface area contributed by atoms with Crippen molar-refractivity contribution >= 4 is 40.2 Å². The van der Waals surface area contributed by atoms with Crippen molar-refractivity contribution in [2.45, 2.75) is 77.3 Å². The molecule has 4 nitrogen and oxygen atoms in total. The zero-order valence-corrected chi connectivity index (χ0v) is 22.3. The summed E-state index contributed by atoms with van der Waals surface area (Å²) in [6.07, 6.45) is -1.52. The number of phenols is 1. The van der Waals surface area contributed by atoms with Crippen LogP contribution in [0.5, 0.6) is 11.5 Å². The predicted molar refractivity (Wildman–Crippen MR) is 126 cm³/mol. The van der Waals surface area contributed by atoms with Gasteiger partial charge in [0.15, 0.2) is 11.5 Å². The zero-order chi connectivity index (χ0) is 22.0. The molecule has 0 heterocycles. The normalized spacial score (nSPS) is 14.6. The highest BCUT2D eigenvalue weighted by Crippen LogP contribution is 2.48. The molecule has 1 rings (SSSR count). The van der Waals surface area contributed by atoms with E-state index in [4.69, 9.17) is 9.16 Å². The SMILES string of the molecule is C=C(C)[C@H](O[Si](C(C)C)(C(C)C)C(C)C)[C@H](O)c1cc(OC)c(O)c(Br)c1Br. The van der Waals surface area contributed by atoms with Gasteiger partial charge in [-0.05, 0) is 61.5 Å². The summed E-state index contributed by atoms with van der Waals surface area (Å²) >= 11 is 6.85. The maximum Gasteiger partial charge on any atom is 0.201 e. The lowest BCUT2D eigenvalue weighted by Crippen LogP contribution is -2.51. The first kappa shape index (κ1) is 25.7. The van der Waals surface area contributed by atoms with E-state index in [0.29, 0.717) is 31.1 Å². The number of aliphatic hydroxyl groups is 1. The molecule has 0 aliphatic carbocycles. The molecule has 0 aromatic heterocycles. The minimum atomic E-state index is -2.24. The van der Waals surface area contributed by atoms with E-state index in [-0.39, 0.29) is 11.5 Å². The van der Waals surface area contributed by atoms with Gasteiger partial charge in [-0.1, -0.05) is 53.7 Å². The second kappa shape index (κ2) is 10.1. The molecule has 0 aliphatic rings. The van der Waals surface area contributed by atoms with Crippen LogP contribution in [0, 0.1) is 0 Å². The molecule has 1 aromatic carbocycles. The standard InChI is InChI=1S/C21H34Br2O4Si/c1-11(2)21(27-28(12(3)4,13(5)6)14(7)8)19(24)15-10-16(26-9)20(25)18(23)17(15)22/h10,12-14,19,21,24-25H,1H2,2-9H3/t19-,21+/m1/s1. The highest BCUT2D eigenvalue weighted by atomic mass is 79.9. The molecule has 0 fully saturated rings. The summed E-state index contributed by atoms with van der Waals surface area (Å²) in [6, 6.07) is 1.64. The monoisotopic (exact) mass is 536 g/mol. The van der Waals surface area contributed by atoms with E-state index in [9.17, 15) is 10.2 Å². The molecule has 2 atom stereocenters. The maximum atomic E-state index is 11.3. The molecule has 7 heteroatoms. The molecule has 0 spiro atoms. The minimum absolute atomic E-state index is 0.0200. The second-order valence-electron chi connectivity index (χ2n) is 8.29. The Balaban J connectivity index is 3.52. The van der Waals surface area contributed by atoms with Crippen LogP contribution in [0.1, 0.15) is 60.1 Å². The first-order valence-electron chi connectivity index (χ1n) is 9.58. The fraction of sp³-hybridized carbons (Fsp3) is 0.619. The lowest BCUT2D eigenvalue weighted by molar-refractivity contribution is 0.0452. The van der Waals surface area contributed by atoms with Crippen molar-refractivity contribution in [1.29, 1.82) is 0 Å². The molecule has 0 bridgehead atoms. The summed E-state index contributed by atoms with van der Waals surface area (Å²) in [4.78, 5) is 0. The van der Waals surface area contributed by atoms with Crippen LogP contribution in [0.4, 0.5) is 0 Å². The second-order valence-corrected chi connectivity index (χ2v) is 15.3. The Morgan fingerprint density at radius 2 is 1.50 bits per heavy atom. The first-order valence-corrected chi connectivity index (χ1v) is 13.3. The van der Waals surface area contributed by atoms with Gasteiger partial charge in [0.2, 0.25) is 8.32 Å². The van der Waals surface area contributed by atoms with Gasteiger partial charge >= 0.3 is 0 Å². The minimum Gasteiger partial charge on any atom is -0.503 e. The van der Waals surface area contributed by atoms with Crippen molar-refractivity contribution in [2.24, 2.45) is 0 Å². The Morgan fingerprint density at radius 1 is 1.04 bits per heavy atom. The van der Waals surface area contributed by atoms with E-state index in [2.05, 4.69) is 80.0 Å². The largest absolute Gasteiger partial charge is 0.503 e. The Kier molecular flexibility index (Phi) is 9.28. The van der Waals surface area contributed by atoms with E-state index < -0.39 is 20.5 Å². The number of aromatic hydroxyl groups is 1. The zero-order valence-electron chi connectivity index (χ0n) is 18.1. The number of methoxy groups -OCH3 is 1. The van der Waals surface area contributed by atoms with Crippen LogP contribution in [-0.2, 0) is 4.43 Å². The highest BCUT2D eigenvalue weighted by molar-refractivity contribution is 9.13. The number of hydrogen-bond donors (Lipinski definition) is 2. The summed E-state index contributed by atoms with van der Waals surface area (Å²) < 4.78 is 13.1. The molecular weight excluding hydrogens is 504 g/mol. The van der Waals surface area contributed by atoms with Crippen LogP contribution in [0.25, 0.3) is 0 Å². The van der Waals surface area contributed by atoms with Crippen molar-refractivity contribution < 1.29 is 19.4 Å². The van der Waals surface area contributed by atoms with E-state index >= 15 is 0 Å². The number of benzene rings is 1. The third-order valence-electron chi connectivity index (χ3n) is 5.52. The Labute approximate surface area is 187 Å². The van der Waals surface area contributed by atoms with Crippen molar-refractivity contribution in [3.8, 4) is 11.5 Å². The number of hydrogen-bond acceptors (Lipinski definition) is 4. The quantitative estimate of drug-likeness (QED) is 0.260. The van der Waals surface area contributed by atoms with E-state index in [1.54, 1.807) is 6.07 Å². The maximum absolute atomic E-state index is 11.3. The highest BCUT2D eigenvalue weighted by Gasteiger charge is 2.48. The third-order valence-corrected chi connectivity index (χ3v) is 13.8. The van der Waals surface area contributed by atoms with Crippen LogP contribution in [-0.4, -0.2) is 31.7 Å². The van der Waals surface area contributed by atoms with Crippen molar-refractivity contribution in [3.63, 3.8) is 0 Å². The van der Waals surface area contributed by atoms with Gasteiger partial charge in [0, 0.05) is 10.0 Å². The Bertz CT molecular complexity index is 682. The van der Waals surface area contributed by atoms with Gasteiger partial charge in [0.1, 0.15) is 6.10 Å². The lowest BCUT2D eigenvalue weighted by atomic mass is 10.00. The van der Waals surface area contributed by atoms with Crippen molar-refractivity contribution in [3.05, 3.63) is 32.7 Å². The predicted octanol–water partition coefficient (Wildman–Crippen LogP) is 7.10. The van der Waals surface area contributed by atoms with Crippen molar-refractivity contribution in [1.82, 2.24) is 0 Å². The van der Waals surface area contributed by atoms with Crippen LogP contribution in [0.3, 0.4) is 0 Å². The molecule has 160 valence electrons. The fourth-order valence-electron chi connectivity index (χ4n) is 4.21. The molecule has 0 unspecified atom stereocenters. The fourth-order valence-corrected chi connectivity index (χ4v) is 10.8. The topological polar surface area (TPSA) is 58.9 Å². The van der Waals surface area contributed by atoms with Gasteiger partial charge < -0.3 is 19.4 Å².